The van der Waals surface area contributed by atoms with Crippen LogP contribution in [0.15, 0.2) is 18.2 Å². The van der Waals surface area contributed by atoms with Gasteiger partial charge < -0.3 is 14.8 Å². The molecule has 0 aliphatic heterocycles. The van der Waals surface area contributed by atoms with E-state index in [-0.39, 0.29) is 17.2 Å². The third-order valence-electron chi connectivity index (χ3n) is 3.82. The number of nitrogens with zero attached hydrogens (tertiary/aromatic N) is 1. The standard InChI is InChI=1S/C19H26N2O4/c1-5-7-8-11-19(4,24-6-2)18(23)21-17-10-9-16(25-14(3)22)12-15(17)13-20/h9-10,12H,5-8,11H2,1-4H3,(H,21,23)/t19-/m1/s1. The number of rotatable bonds is 9. The first-order valence-electron chi connectivity index (χ1n) is 8.54. The van der Waals surface area contributed by atoms with E-state index < -0.39 is 11.6 Å². The van der Waals surface area contributed by atoms with Gasteiger partial charge in [0.1, 0.15) is 17.4 Å². The normalized spacial score (nSPS) is 12.8. The molecule has 0 aromatic heterocycles. The Morgan fingerprint density at radius 2 is 2.00 bits per heavy atom. The zero-order valence-corrected chi connectivity index (χ0v) is 15.3. The van der Waals surface area contributed by atoms with Crippen LogP contribution in [0.3, 0.4) is 0 Å². The van der Waals surface area contributed by atoms with Crippen molar-refractivity contribution in [2.45, 2.75) is 59.0 Å². The number of nitriles is 1. The zero-order chi connectivity index (χ0) is 18.9. The van der Waals surface area contributed by atoms with E-state index in [0.29, 0.717) is 18.7 Å². The van der Waals surface area contributed by atoms with Crippen molar-refractivity contribution in [3.05, 3.63) is 23.8 Å². The summed E-state index contributed by atoms with van der Waals surface area (Å²) in [7, 11) is 0. The van der Waals surface area contributed by atoms with Crippen LogP contribution in [0.5, 0.6) is 5.75 Å². The Balaban J connectivity index is 2.95. The van der Waals surface area contributed by atoms with Crippen LogP contribution in [-0.2, 0) is 14.3 Å². The fraction of sp³-hybridized carbons (Fsp3) is 0.526. The van der Waals surface area contributed by atoms with Gasteiger partial charge in [-0.2, -0.15) is 5.26 Å². The number of esters is 1. The summed E-state index contributed by atoms with van der Waals surface area (Å²) in [4.78, 5) is 23.7. The van der Waals surface area contributed by atoms with Crippen LogP contribution in [0.25, 0.3) is 0 Å². The van der Waals surface area contributed by atoms with E-state index in [2.05, 4.69) is 12.2 Å². The first-order chi connectivity index (χ1) is 11.9. The number of hydrogen-bond acceptors (Lipinski definition) is 5. The molecule has 0 saturated heterocycles. The number of amides is 1. The lowest BCUT2D eigenvalue weighted by molar-refractivity contribution is -0.139. The van der Waals surface area contributed by atoms with Gasteiger partial charge in [-0.15, -0.1) is 0 Å². The number of hydrogen-bond donors (Lipinski definition) is 1. The number of nitrogens with one attached hydrogen (secondary N) is 1. The second-order valence-corrected chi connectivity index (χ2v) is 5.99. The second kappa shape index (κ2) is 9.80. The van der Waals surface area contributed by atoms with Gasteiger partial charge in [0.05, 0.1) is 11.3 Å². The second-order valence-electron chi connectivity index (χ2n) is 5.99. The van der Waals surface area contributed by atoms with Crippen molar-refractivity contribution in [1.82, 2.24) is 0 Å². The van der Waals surface area contributed by atoms with Crippen molar-refractivity contribution in [3.63, 3.8) is 0 Å². The maximum absolute atomic E-state index is 12.7. The molecule has 1 amide bonds. The fourth-order valence-corrected chi connectivity index (χ4v) is 2.49. The minimum Gasteiger partial charge on any atom is -0.427 e. The Labute approximate surface area is 149 Å². The molecule has 0 unspecified atom stereocenters. The van der Waals surface area contributed by atoms with Gasteiger partial charge in [-0.25, -0.2) is 0 Å². The molecular weight excluding hydrogens is 320 g/mol. The van der Waals surface area contributed by atoms with Gasteiger partial charge in [0.2, 0.25) is 0 Å². The van der Waals surface area contributed by atoms with Crippen LogP contribution in [0, 0.1) is 11.3 Å². The van der Waals surface area contributed by atoms with Crippen molar-refractivity contribution in [3.8, 4) is 11.8 Å². The number of anilines is 1. The summed E-state index contributed by atoms with van der Waals surface area (Å²) in [6.07, 6.45) is 3.57. The van der Waals surface area contributed by atoms with Crippen molar-refractivity contribution >= 4 is 17.6 Å². The van der Waals surface area contributed by atoms with Crippen LogP contribution in [0.1, 0.15) is 58.9 Å². The summed E-state index contributed by atoms with van der Waals surface area (Å²) in [5.74, 6) is -0.500. The molecule has 0 aliphatic rings. The maximum Gasteiger partial charge on any atom is 0.308 e. The van der Waals surface area contributed by atoms with E-state index in [1.807, 2.05) is 13.0 Å². The van der Waals surface area contributed by atoms with Gasteiger partial charge in [0.25, 0.3) is 5.91 Å². The topological polar surface area (TPSA) is 88.4 Å². The summed E-state index contributed by atoms with van der Waals surface area (Å²) in [6, 6.07) is 6.51. The molecular formula is C19H26N2O4. The third-order valence-corrected chi connectivity index (χ3v) is 3.82. The highest BCUT2D eigenvalue weighted by Crippen LogP contribution is 2.26. The lowest BCUT2D eigenvalue weighted by Gasteiger charge is -2.28. The lowest BCUT2D eigenvalue weighted by Crippen LogP contribution is -2.43. The van der Waals surface area contributed by atoms with Crippen molar-refractivity contribution in [1.29, 1.82) is 5.26 Å². The van der Waals surface area contributed by atoms with E-state index >= 15 is 0 Å². The fourth-order valence-electron chi connectivity index (χ4n) is 2.49. The van der Waals surface area contributed by atoms with Crippen LogP contribution in [-0.4, -0.2) is 24.1 Å². The number of carbonyl (C=O) groups excluding carboxylic acids is 2. The van der Waals surface area contributed by atoms with Gasteiger partial charge in [-0.3, -0.25) is 9.59 Å². The lowest BCUT2D eigenvalue weighted by atomic mass is 9.96. The van der Waals surface area contributed by atoms with Gasteiger partial charge in [0, 0.05) is 19.6 Å². The van der Waals surface area contributed by atoms with Crippen LogP contribution >= 0.6 is 0 Å². The molecule has 136 valence electrons. The highest BCUT2D eigenvalue weighted by molar-refractivity contribution is 5.98. The molecule has 25 heavy (non-hydrogen) atoms. The average molecular weight is 346 g/mol. The molecule has 1 aromatic carbocycles. The highest BCUT2D eigenvalue weighted by atomic mass is 16.5. The van der Waals surface area contributed by atoms with Crippen molar-refractivity contribution < 1.29 is 19.1 Å². The van der Waals surface area contributed by atoms with E-state index in [4.69, 9.17) is 9.47 Å². The van der Waals surface area contributed by atoms with E-state index in [1.165, 1.54) is 19.1 Å². The Bertz CT molecular complexity index is 651. The molecule has 0 heterocycles. The predicted octanol–water partition coefficient (Wildman–Crippen LogP) is 3.80. The molecule has 0 spiro atoms. The minimum atomic E-state index is -0.953. The molecule has 1 N–H and O–H groups in total. The van der Waals surface area contributed by atoms with Crippen LogP contribution < -0.4 is 10.1 Å². The molecule has 0 bridgehead atoms. The number of carbonyl (C=O) groups is 2. The van der Waals surface area contributed by atoms with Gasteiger partial charge >= 0.3 is 5.97 Å². The van der Waals surface area contributed by atoms with E-state index in [1.54, 1.807) is 13.0 Å². The molecule has 0 saturated carbocycles. The minimum absolute atomic E-state index is 0.222. The SMILES string of the molecule is CCCCC[C@@](C)(OCC)C(=O)Nc1ccc(OC(C)=O)cc1C#N. The molecule has 0 aliphatic carbocycles. The Kier molecular flexibility index (Phi) is 8.09. The van der Waals surface area contributed by atoms with E-state index in [9.17, 15) is 14.9 Å². The molecule has 1 rings (SSSR count). The van der Waals surface area contributed by atoms with Crippen molar-refractivity contribution in [2.24, 2.45) is 0 Å². The van der Waals surface area contributed by atoms with Crippen LogP contribution in [0.4, 0.5) is 5.69 Å². The third kappa shape index (κ3) is 6.20. The number of benzene rings is 1. The van der Waals surface area contributed by atoms with Gasteiger partial charge in [0.15, 0.2) is 0 Å². The zero-order valence-electron chi connectivity index (χ0n) is 15.3. The predicted molar refractivity (Wildman–Crippen MR) is 95.3 cm³/mol. The van der Waals surface area contributed by atoms with Crippen molar-refractivity contribution in [2.75, 3.05) is 11.9 Å². The summed E-state index contributed by atoms with van der Waals surface area (Å²) in [6.45, 7) is 7.42. The molecule has 1 aromatic rings. The Hall–Kier alpha value is -2.39. The molecule has 6 nitrogen and oxygen atoms in total. The summed E-state index contributed by atoms with van der Waals surface area (Å²) in [5.41, 5.74) is -0.366. The monoisotopic (exact) mass is 346 g/mol. The molecule has 0 fully saturated rings. The van der Waals surface area contributed by atoms with Crippen LogP contribution in [0.2, 0.25) is 0 Å². The average Bonchev–Trinajstić information content (AvgIpc) is 2.56. The number of unbranched alkanes of at least 4 members (excludes halogenated alkanes) is 2. The van der Waals surface area contributed by atoms with E-state index in [0.717, 1.165) is 19.3 Å². The summed E-state index contributed by atoms with van der Waals surface area (Å²) in [5, 5.41) is 12.1. The maximum atomic E-state index is 12.7. The van der Waals surface area contributed by atoms with Gasteiger partial charge in [-0.1, -0.05) is 26.2 Å². The first kappa shape index (κ1) is 20.7. The first-order valence-corrected chi connectivity index (χ1v) is 8.54. The summed E-state index contributed by atoms with van der Waals surface area (Å²) >= 11 is 0. The molecule has 0 radical (unpaired) electrons. The molecule has 6 heteroatoms. The largest absolute Gasteiger partial charge is 0.427 e. The Morgan fingerprint density at radius 3 is 2.56 bits per heavy atom. The smallest absolute Gasteiger partial charge is 0.308 e. The Morgan fingerprint density at radius 1 is 1.28 bits per heavy atom. The van der Waals surface area contributed by atoms with Gasteiger partial charge in [-0.05, 0) is 32.4 Å². The number of ether oxygens (including phenoxy) is 2. The molecule has 1 atom stereocenters. The summed E-state index contributed by atoms with van der Waals surface area (Å²) < 4.78 is 10.7. The quantitative estimate of drug-likeness (QED) is 0.417. The highest BCUT2D eigenvalue weighted by Gasteiger charge is 2.33.